The van der Waals surface area contributed by atoms with Crippen molar-refractivity contribution in [1.82, 2.24) is 10.2 Å². The number of hydrogen-bond acceptors (Lipinski definition) is 4. The Morgan fingerprint density at radius 2 is 2.13 bits per heavy atom. The average molecular weight is 314 g/mol. The summed E-state index contributed by atoms with van der Waals surface area (Å²) in [7, 11) is 0. The number of urea groups is 1. The van der Waals surface area contributed by atoms with Crippen LogP contribution in [-0.4, -0.2) is 29.3 Å². The number of carbonyl (C=O) groups excluding carboxylic acids is 3. The molecule has 1 aromatic rings. The summed E-state index contributed by atoms with van der Waals surface area (Å²) in [6.45, 7) is 0.277. The Kier molecular flexibility index (Phi) is 4.41. The van der Waals surface area contributed by atoms with Gasteiger partial charge >= 0.3 is 6.03 Å². The molecule has 0 saturated carbocycles. The zero-order valence-electron chi connectivity index (χ0n) is 12.7. The second kappa shape index (κ2) is 6.64. The van der Waals surface area contributed by atoms with Gasteiger partial charge in [-0.2, -0.15) is 0 Å². The van der Waals surface area contributed by atoms with Crippen LogP contribution in [0.15, 0.2) is 40.0 Å². The molecule has 1 aromatic heterocycles. The van der Waals surface area contributed by atoms with E-state index in [9.17, 15) is 14.4 Å². The Labute approximate surface area is 133 Å². The van der Waals surface area contributed by atoms with Crippen molar-refractivity contribution in [2.24, 2.45) is 0 Å². The van der Waals surface area contributed by atoms with E-state index in [4.69, 9.17) is 4.42 Å². The number of amides is 4. The zero-order chi connectivity index (χ0) is 16.2. The number of hydrogen-bond donors (Lipinski definition) is 1. The molecule has 4 amide bonds. The third kappa shape index (κ3) is 3.41. The van der Waals surface area contributed by atoms with Gasteiger partial charge in [0, 0.05) is 6.54 Å². The Morgan fingerprint density at radius 1 is 1.26 bits per heavy atom. The minimum Gasteiger partial charge on any atom is -0.465 e. The summed E-state index contributed by atoms with van der Waals surface area (Å²) in [6.07, 6.45) is 10.1. The molecule has 23 heavy (non-hydrogen) atoms. The van der Waals surface area contributed by atoms with Crippen LogP contribution in [0.5, 0.6) is 0 Å². The van der Waals surface area contributed by atoms with Gasteiger partial charge in [0.2, 0.25) is 0 Å². The summed E-state index contributed by atoms with van der Waals surface area (Å²) in [4.78, 5) is 37.4. The molecule has 1 N–H and O–H groups in total. The molecule has 0 atom stereocenters. The Hall–Kier alpha value is -2.63. The maximum atomic E-state index is 12.5. The van der Waals surface area contributed by atoms with E-state index in [0.29, 0.717) is 12.2 Å². The first kappa shape index (κ1) is 15.3. The topological polar surface area (TPSA) is 79.6 Å². The molecule has 1 aliphatic heterocycles. The van der Waals surface area contributed by atoms with Gasteiger partial charge < -0.3 is 4.42 Å². The van der Waals surface area contributed by atoms with Crippen LogP contribution in [0, 0.1) is 0 Å². The molecule has 0 aromatic carbocycles. The second-order valence-electron chi connectivity index (χ2n) is 5.65. The van der Waals surface area contributed by atoms with Gasteiger partial charge in [-0.3, -0.25) is 19.8 Å². The monoisotopic (exact) mass is 314 g/mol. The molecule has 0 unspecified atom stereocenters. The third-order valence-electron chi connectivity index (χ3n) is 4.06. The van der Waals surface area contributed by atoms with Gasteiger partial charge in [-0.25, -0.2) is 4.79 Å². The van der Waals surface area contributed by atoms with Crippen molar-refractivity contribution in [3.63, 3.8) is 0 Å². The fraction of sp³-hybridized carbons (Fsp3) is 0.353. The first-order chi connectivity index (χ1) is 11.1. The molecule has 6 heteroatoms. The summed E-state index contributed by atoms with van der Waals surface area (Å²) in [5.74, 6) is -0.871. The molecule has 2 aliphatic rings. The molecular formula is C17H18N2O4. The number of carbonyl (C=O) groups is 3. The first-order valence-corrected chi connectivity index (χ1v) is 7.75. The number of barbiturate groups is 1. The van der Waals surface area contributed by atoms with Crippen LogP contribution in [-0.2, 0) is 9.59 Å². The third-order valence-corrected chi connectivity index (χ3v) is 4.06. The van der Waals surface area contributed by atoms with Crippen molar-refractivity contribution in [1.29, 1.82) is 0 Å². The van der Waals surface area contributed by atoms with Crippen LogP contribution in [0.4, 0.5) is 4.79 Å². The van der Waals surface area contributed by atoms with Gasteiger partial charge in [0.15, 0.2) is 0 Å². The van der Waals surface area contributed by atoms with E-state index >= 15 is 0 Å². The minimum atomic E-state index is -0.690. The standard InChI is InChI=1S/C17H18N2O4/c20-15-14(11-13-7-4-10-23-13)16(21)19(17(22)18-15)9-8-12-5-2-1-3-6-12/h4-5,7,10-11H,1-3,6,8-9H2,(H,18,20,22)/b14-11-. The van der Waals surface area contributed by atoms with Crippen molar-refractivity contribution in [2.75, 3.05) is 6.54 Å². The highest BCUT2D eigenvalue weighted by Gasteiger charge is 2.35. The van der Waals surface area contributed by atoms with Gasteiger partial charge in [-0.15, -0.1) is 0 Å². The summed E-state index contributed by atoms with van der Waals surface area (Å²) in [6, 6.07) is 2.64. The number of furan rings is 1. The Morgan fingerprint density at radius 3 is 2.83 bits per heavy atom. The number of allylic oxidation sites excluding steroid dienone is 1. The number of nitrogens with zero attached hydrogens (tertiary/aromatic N) is 1. The predicted octanol–water partition coefficient (Wildman–Crippen LogP) is 2.63. The minimum absolute atomic E-state index is 0.0860. The van der Waals surface area contributed by atoms with Gasteiger partial charge in [0.25, 0.3) is 11.8 Å². The van der Waals surface area contributed by atoms with E-state index in [1.807, 2.05) is 0 Å². The molecule has 1 saturated heterocycles. The van der Waals surface area contributed by atoms with Crippen molar-refractivity contribution in [3.8, 4) is 0 Å². The van der Waals surface area contributed by atoms with E-state index in [1.54, 1.807) is 12.1 Å². The van der Waals surface area contributed by atoms with Gasteiger partial charge in [-0.05, 0) is 50.3 Å². The summed E-state index contributed by atoms with van der Waals surface area (Å²) < 4.78 is 5.13. The van der Waals surface area contributed by atoms with Crippen LogP contribution in [0.3, 0.4) is 0 Å². The van der Waals surface area contributed by atoms with Crippen molar-refractivity contribution >= 4 is 23.9 Å². The lowest BCUT2D eigenvalue weighted by molar-refractivity contribution is -0.130. The fourth-order valence-electron chi connectivity index (χ4n) is 2.80. The highest BCUT2D eigenvalue weighted by Crippen LogP contribution is 2.22. The summed E-state index contributed by atoms with van der Waals surface area (Å²) >= 11 is 0. The van der Waals surface area contributed by atoms with Crippen LogP contribution >= 0.6 is 0 Å². The first-order valence-electron chi connectivity index (χ1n) is 7.75. The van der Waals surface area contributed by atoms with E-state index in [-0.39, 0.29) is 12.1 Å². The van der Waals surface area contributed by atoms with E-state index in [0.717, 1.165) is 24.2 Å². The smallest absolute Gasteiger partial charge is 0.331 e. The largest absolute Gasteiger partial charge is 0.465 e. The van der Waals surface area contributed by atoms with Gasteiger partial charge in [0.05, 0.1) is 6.26 Å². The SMILES string of the molecule is O=C1NC(=O)N(CCC2=CCCCC2)C(=O)/C1=C\c1ccco1. The Bertz CT molecular complexity index is 685. The molecule has 0 spiro atoms. The van der Waals surface area contributed by atoms with Crippen LogP contribution in [0.25, 0.3) is 6.08 Å². The molecule has 2 heterocycles. The van der Waals surface area contributed by atoms with Crippen molar-refractivity contribution < 1.29 is 18.8 Å². The normalized spacial score (nSPS) is 20.7. The highest BCUT2D eigenvalue weighted by molar-refractivity contribution is 6.30. The lowest BCUT2D eigenvalue weighted by atomic mass is 9.97. The summed E-state index contributed by atoms with van der Waals surface area (Å²) in [5.41, 5.74) is 1.18. The van der Waals surface area contributed by atoms with Gasteiger partial charge in [0.1, 0.15) is 11.3 Å². The van der Waals surface area contributed by atoms with E-state index in [2.05, 4.69) is 11.4 Å². The predicted molar refractivity (Wildman–Crippen MR) is 83.1 cm³/mol. The molecule has 1 fully saturated rings. The molecule has 6 nitrogen and oxygen atoms in total. The van der Waals surface area contributed by atoms with Crippen molar-refractivity contribution in [2.45, 2.75) is 32.1 Å². The van der Waals surface area contributed by atoms with Crippen molar-refractivity contribution in [3.05, 3.63) is 41.4 Å². The van der Waals surface area contributed by atoms with E-state index in [1.165, 1.54) is 24.3 Å². The lowest BCUT2D eigenvalue weighted by Crippen LogP contribution is -2.54. The maximum Gasteiger partial charge on any atom is 0.331 e. The fourth-order valence-corrected chi connectivity index (χ4v) is 2.80. The number of rotatable bonds is 4. The average Bonchev–Trinajstić information content (AvgIpc) is 3.05. The second-order valence-corrected chi connectivity index (χ2v) is 5.65. The van der Waals surface area contributed by atoms with Crippen LogP contribution < -0.4 is 5.32 Å². The Balaban J connectivity index is 1.74. The molecule has 0 radical (unpaired) electrons. The van der Waals surface area contributed by atoms with Gasteiger partial charge in [-0.1, -0.05) is 11.6 Å². The highest BCUT2D eigenvalue weighted by atomic mass is 16.3. The van der Waals surface area contributed by atoms with Crippen LogP contribution in [0.1, 0.15) is 37.9 Å². The molecular weight excluding hydrogens is 296 g/mol. The maximum absolute atomic E-state index is 12.5. The molecule has 120 valence electrons. The molecule has 1 aliphatic carbocycles. The number of nitrogens with one attached hydrogen (secondary N) is 1. The van der Waals surface area contributed by atoms with E-state index < -0.39 is 17.8 Å². The quantitative estimate of drug-likeness (QED) is 0.526. The molecule has 3 rings (SSSR count). The summed E-state index contributed by atoms with van der Waals surface area (Å²) in [5, 5.41) is 2.21. The lowest BCUT2D eigenvalue weighted by Gasteiger charge is -2.27. The number of imide groups is 2. The van der Waals surface area contributed by atoms with Crippen LogP contribution in [0.2, 0.25) is 0 Å². The zero-order valence-corrected chi connectivity index (χ0v) is 12.7. The molecule has 0 bridgehead atoms.